The van der Waals surface area contributed by atoms with Crippen LogP contribution < -0.4 is 10.6 Å². The number of rotatable bonds is 17. The van der Waals surface area contributed by atoms with Gasteiger partial charge < -0.3 is 44.5 Å². The number of nitrogens with zero attached hydrogens (tertiary/aromatic N) is 3. The van der Waals surface area contributed by atoms with Crippen LogP contribution in [-0.4, -0.2) is 97.2 Å². The van der Waals surface area contributed by atoms with Gasteiger partial charge in [-0.15, -0.1) is 0 Å². The molecule has 0 aliphatic carbocycles. The second-order valence-corrected chi connectivity index (χ2v) is 10.0. The summed E-state index contributed by atoms with van der Waals surface area (Å²) in [4.78, 5) is 52.4. The van der Waals surface area contributed by atoms with E-state index in [1.807, 2.05) is 0 Å². The summed E-state index contributed by atoms with van der Waals surface area (Å²) in [6.45, 7) is 2.48. The van der Waals surface area contributed by atoms with Crippen LogP contribution in [0.3, 0.4) is 0 Å². The number of alkyl carbamates (subject to hydrolysis) is 1. The van der Waals surface area contributed by atoms with Crippen LogP contribution in [0, 0.1) is 0 Å². The zero-order chi connectivity index (χ0) is 32.5. The number of azide groups is 1. The van der Waals surface area contributed by atoms with Gasteiger partial charge in [-0.2, -0.15) is 0 Å². The van der Waals surface area contributed by atoms with Crippen molar-refractivity contribution < 1.29 is 53.1 Å². The SMILES string of the molecule is CCOC(=O)CCCCCO[C@]1(C(=O)OC)C[C@@H](NC(=O)OCc2ccccc2)[C@@H](NC(C)=O)C([C@H](O)[C@H](O)CN=[N+]=[N-])O1. The lowest BCUT2D eigenvalue weighted by Gasteiger charge is -2.48. The lowest BCUT2D eigenvalue weighted by molar-refractivity contribution is -0.301. The van der Waals surface area contributed by atoms with Gasteiger partial charge >= 0.3 is 18.0 Å². The predicted octanol–water partition coefficient (Wildman–Crippen LogP) is 1.62. The summed E-state index contributed by atoms with van der Waals surface area (Å²) in [7, 11) is 1.09. The molecule has 0 aromatic heterocycles. The van der Waals surface area contributed by atoms with Crippen molar-refractivity contribution in [1.29, 1.82) is 0 Å². The van der Waals surface area contributed by atoms with Gasteiger partial charge in [0.25, 0.3) is 5.79 Å². The minimum atomic E-state index is -2.20. The molecule has 6 atom stereocenters. The van der Waals surface area contributed by atoms with Crippen molar-refractivity contribution in [2.75, 3.05) is 26.9 Å². The van der Waals surface area contributed by atoms with Gasteiger partial charge in [0.2, 0.25) is 5.91 Å². The Morgan fingerprint density at radius 2 is 1.86 bits per heavy atom. The number of aliphatic hydroxyl groups excluding tert-OH is 2. The molecule has 0 bridgehead atoms. The highest BCUT2D eigenvalue weighted by atomic mass is 16.7. The maximum atomic E-state index is 13.2. The number of ether oxygens (including phenoxy) is 5. The smallest absolute Gasteiger partial charge is 0.407 e. The molecule has 0 spiro atoms. The maximum absolute atomic E-state index is 13.2. The quantitative estimate of drug-likeness (QED) is 0.0486. The van der Waals surface area contributed by atoms with Gasteiger partial charge in [0.15, 0.2) is 0 Å². The molecule has 1 aromatic rings. The molecule has 4 N–H and O–H groups in total. The Kier molecular flexibility index (Phi) is 15.4. The summed E-state index contributed by atoms with van der Waals surface area (Å²) < 4.78 is 27.1. The number of hydrogen-bond acceptors (Lipinski definition) is 12. The normalized spacial score (nSPS) is 22.4. The van der Waals surface area contributed by atoms with E-state index in [-0.39, 0.29) is 38.6 Å². The average molecular weight is 624 g/mol. The first-order chi connectivity index (χ1) is 21.1. The van der Waals surface area contributed by atoms with Crippen LogP contribution in [0.2, 0.25) is 0 Å². The van der Waals surface area contributed by atoms with E-state index in [1.165, 1.54) is 6.92 Å². The zero-order valence-electron chi connectivity index (χ0n) is 25.0. The number of methoxy groups -OCH3 is 1. The molecule has 0 saturated carbocycles. The Hall–Kier alpha value is -3.95. The van der Waals surface area contributed by atoms with Crippen molar-refractivity contribution in [2.24, 2.45) is 5.11 Å². The summed E-state index contributed by atoms with van der Waals surface area (Å²) in [5.41, 5.74) is 9.37. The van der Waals surface area contributed by atoms with E-state index in [0.717, 1.165) is 7.11 Å². The van der Waals surface area contributed by atoms with Crippen LogP contribution in [0.5, 0.6) is 0 Å². The fourth-order valence-corrected chi connectivity index (χ4v) is 4.65. The molecular formula is C28H41N5O11. The number of aliphatic hydroxyl groups is 2. The van der Waals surface area contributed by atoms with Gasteiger partial charge in [-0.05, 0) is 30.9 Å². The summed E-state index contributed by atoms with van der Waals surface area (Å²) >= 11 is 0. The van der Waals surface area contributed by atoms with Crippen LogP contribution in [0.25, 0.3) is 10.4 Å². The van der Waals surface area contributed by atoms with Gasteiger partial charge in [-0.1, -0.05) is 41.9 Å². The number of carbonyl (C=O) groups excluding carboxylic acids is 4. The van der Waals surface area contributed by atoms with Gasteiger partial charge in [-0.3, -0.25) is 9.59 Å². The summed E-state index contributed by atoms with van der Waals surface area (Å²) in [5.74, 6) is -4.11. The van der Waals surface area contributed by atoms with Crippen molar-refractivity contribution in [2.45, 2.75) is 88.7 Å². The van der Waals surface area contributed by atoms with E-state index in [9.17, 15) is 29.4 Å². The molecule has 1 aliphatic rings. The van der Waals surface area contributed by atoms with Gasteiger partial charge in [0, 0.05) is 24.7 Å². The van der Waals surface area contributed by atoms with Crippen LogP contribution in [0.15, 0.2) is 35.4 Å². The first-order valence-corrected chi connectivity index (χ1v) is 14.2. The average Bonchev–Trinajstić information content (AvgIpc) is 3.01. The Bertz CT molecular complexity index is 1130. The fraction of sp³-hybridized carbons (Fsp3) is 0.643. The van der Waals surface area contributed by atoms with E-state index in [0.29, 0.717) is 24.8 Å². The first kappa shape index (κ1) is 36.2. The Morgan fingerprint density at radius 1 is 1.14 bits per heavy atom. The third kappa shape index (κ3) is 11.3. The van der Waals surface area contributed by atoms with Crippen molar-refractivity contribution in [3.8, 4) is 0 Å². The second-order valence-electron chi connectivity index (χ2n) is 10.0. The van der Waals surface area contributed by atoms with E-state index >= 15 is 0 Å². The van der Waals surface area contributed by atoms with Gasteiger partial charge in [0.1, 0.15) is 18.8 Å². The monoisotopic (exact) mass is 623 g/mol. The van der Waals surface area contributed by atoms with E-state index < -0.39 is 60.7 Å². The lowest BCUT2D eigenvalue weighted by atomic mass is 9.86. The summed E-state index contributed by atoms with van der Waals surface area (Å²) in [6.07, 6.45) is -4.74. The number of hydrogen-bond donors (Lipinski definition) is 4. The first-order valence-electron chi connectivity index (χ1n) is 14.2. The number of amides is 2. The van der Waals surface area contributed by atoms with Gasteiger partial charge in [-0.25, -0.2) is 9.59 Å². The van der Waals surface area contributed by atoms with E-state index in [4.69, 9.17) is 29.2 Å². The van der Waals surface area contributed by atoms with Crippen molar-refractivity contribution in [3.05, 3.63) is 46.3 Å². The van der Waals surface area contributed by atoms with E-state index in [2.05, 4.69) is 20.7 Å². The third-order valence-corrected chi connectivity index (χ3v) is 6.71. The van der Waals surface area contributed by atoms with Crippen LogP contribution in [0.4, 0.5) is 4.79 Å². The Balaban J connectivity index is 2.33. The molecule has 0 radical (unpaired) electrons. The molecule has 1 fully saturated rings. The predicted molar refractivity (Wildman–Crippen MR) is 152 cm³/mol. The molecule has 1 unspecified atom stereocenters. The second kappa shape index (κ2) is 18.7. The highest BCUT2D eigenvalue weighted by molar-refractivity contribution is 5.79. The molecule has 2 amide bonds. The zero-order valence-corrected chi connectivity index (χ0v) is 25.0. The molecule has 44 heavy (non-hydrogen) atoms. The standard InChI is InChI=1S/C28H41N5O11/c1-4-41-22(36)13-9-6-10-14-43-28(26(38)40-3)15-20(32-27(39)42-17-19-11-7-5-8-12-19)23(31-18(2)34)25(44-28)24(37)21(35)16-30-33-29/h5,7-8,11-12,20-21,23-25,35,37H,4,6,9-10,13-17H2,1-3H3,(H,31,34)(H,32,39)/t20-,21-,23-,24-,25?,28-/m1/s1. The molecule has 1 heterocycles. The number of carbonyl (C=O) groups is 4. The van der Waals surface area contributed by atoms with E-state index in [1.54, 1.807) is 37.3 Å². The Morgan fingerprint density at radius 3 is 2.50 bits per heavy atom. The van der Waals surface area contributed by atoms with Crippen molar-refractivity contribution >= 4 is 23.9 Å². The number of unbranched alkanes of at least 4 members (excludes halogenated alkanes) is 2. The fourth-order valence-electron chi connectivity index (χ4n) is 4.65. The highest BCUT2D eigenvalue weighted by Gasteiger charge is 2.57. The Labute approximate surface area is 254 Å². The minimum Gasteiger partial charge on any atom is -0.466 e. The molecular weight excluding hydrogens is 582 g/mol. The molecule has 1 saturated heterocycles. The van der Waals surface area contributed by atoms with Crippen molar-refractivity contribution in [1.82, 2.24) is 10.6 Å². The number of esters is 2. The molecule has 1 aromatic carbocycles. The summed E-state index contributed by atoms with van der Waals surface area (Å²) in [5, 5.41) is 30.1. The lowest BCUT2D eigenvalue weighted by Crippen LogP contribution is -2.71. The maximum Gasteiger partial charge on any atom is 0.407 e. The van der Waals surface area contributed by atoms with Crippen LogP contribution in [-0.2, 0) is 44.7 Å². The van der Waals surface area contributed by atoms with Crippen molar-refractivity contribution in [3.63, 3.8) is 0 Å². The highest BCUT2D eigenvalue weighted by Crippen LogP contribution is 2.35. The van der Waals surface area contributed by atoms with Gasteiger partial charge in [0.05, 0.1) is 45.1 Å². The molecule has 16 heteroatoms. The molecule has 244 valence electrons. The van der Waals surface area contributed by atoms with Crippen LogP contribution >= 0.6 is 0 Å². The minimum absolute atomic E-state index is 0.0575. The number of benzene rings is 1. The van der Waals surface area contributed by atoms with Crippen LogP contribution in [0.1, 0.15) is 51.5 Å². The molecule has 16 nitrogen and oxygen atoms in total. The molecule has 2 rings (SSSR count). The molecule has 1 aliphatic heterocycles. The largest absolute Gasteiger partial charge is 0.466 e. The number of nitrogens with one attached hydrogen (secondary N) is 2. The topological polar surface area (TPSA) is 228 Å². The summed E-state index contributed by atoms with van der Waals surface area (Å²) in [6, 6.07) is 6.49. The third-order valence-electron chi connectivity index (χ3n) is 6.71.